The molecule has 16 N–H and O–H groups in total. The van der Waals surface area contributed by atoms with Gasteiger partial charge >= 0.3 is 5.97 Å². The van der Waals surface area contributed by atoms with Crippen LogP contribution in [0.5, 0.6) is 0 Å². The van der Waals surface area contributed by atoms with Gasteiger partial charge in [0.25, 0.3) is 0 Å². The third-order valence-electron chi connectivity index (χ3n) is 23.2. The number of hydrogen-bond acceptors (Lipinski definition) is 32. The van der Waals surface area contributed by atoms with E-state index in [1.54, 1.807) is 0 Å². The Morgan fingerprint density at radius 2 is 1.09 bits per heavy atom. The average molecular weight is 1390 g/mol. The fourth-order valence-corrected chi connectivity index (χ4v) is 17.8. The molecule has 0 amide bonds. The number of aliphatic hydroxyl groups is 16. The van der Waals surface area contributed by atoms with Crippen molar-refractivity contribution in [2.24, 2.45) is 33.5 Å². The standard InChI is InChI=1S/C65H100O32/c1-25(2)10-9-15-64(7)53-28(70)18-63(6)27-11-12-35-61(3,4)36(14-16-62(35,5)26(27)13-17-65(53,63)60(83)97-64)92-59-52(40(75)34(24-86-59)91-57-47(82)51(39(74)32(21-68)88-57)95-55-43(78)41(76)37(72)30(19-66)87-55)96-56-44(79)42(77)49(33(22-69)90-56)94-54-45(80)48(29(71)23-85-54)93-58-46(81)50(84-8)38(73)31(20-67)89-58/h11,13,29-59,66-69,71-82H,1,9-10,12,14-24H2,2-8H3. The van der Waals surface area contributed by atoms with Crippen molar-refractivity contribution in [1.82, 2.24) is 0 Å². The lowest BCUT2D eigenvalue weighted by Crippen LogP contribution is -2.67. The molecule has 9 fully saturated rings. The topological polar surface area (TPSA) is 487 Å². The number of ketones is 1. The van der Waals surface area contributed by atoms with Crippen LogP contribution in [0.25, 0.3) is 0 Å². The van der Waals surface area contributed by atoms with Gasteiger partial charge < -0.3 is 148 Å². The number of methoxy groups -OCH3 is 1. The molecule has 7 aliphatic heterocycles. The molecule has 1 spiro atoms. The predicted molar refractivity (Wildman–Crippen MR) is 321 cm³/mol. The number of carbonyl (C=O) groups excluding carboxylic acids is 2. The van der Waals surface area contributed by atoms with Crippen molar-refractivity contribution in [3.05, 3.63) is 35.5 Å². The molecule has 11 aliphatic rings. The number of cyclic esters (lactones) is 1. The van der Waals surface area contributed by atoms with Gasteiger partial charge in [-0.1, -0.05) is 45.4 Å². The van der Waals surface area contributed by atoms with Gasteiger partial charge in [0.05, 0.1) is 57.1 Å². The highest BCUT2D eigenvalue weighted by Gasteiger charge is 2.78. The predicted octanol–water partition coefficient (Wildman–Crippen LogP) is -5.03. The van der Waals surface area contributed by atoms with Crippen molar-refractivity contribution < 1.29 is 158 Å². The molecule has 35 unspecified atom stereocenters. The molecular formula is C65H100O32. The van der Waals surface area contributed by atoms with Gasteiger partial charge in [-0.15, -0.1) is 6.58 Å². The van der Waals surface area contributed by atoms with E-state index < -0.39 is 251 Å². The van der Waals surface area contributed by atoms with E-state index in [1.165, 1.54) is 7.11 Å². The van der Waals surface area contributed by atoms with E-state index in [9.17, 15) is 91.3 Å². The molecule has 4 aliphatic carbocycles. The highest BCUT2D eigenvalue weighted by Crippen LogP contribution is 2.74. The molecule has 0 aromatic rings. The molecule has 0 aromatic heterocycles. The number of rotatable bonds is 21. The van der Waals surface area contributed by atoms with Gasteiger partial charge in [-0.25, -0.2) is 0 Å². The van der Waals surface area contributed by atoms with Crippen LogP contribution in [0.4, 0.5) is 0 Å². The van der Waals surface area contributed by atoms with Crippen LogP contribution >= 0.6 is 0 Å². The van der Waals surface area contributed by atoms with Gasteiger partial charge in [-0.3, -0.25) is 9.59 Å². The van der Waals surface area contributed by atoms with Crippen molar-refractivity contribution >= 4 is 11.8 Å². The van der Waals surface area contributed by atoms with Crippen LogP contribution in [-0.4, -0.2) is 324 Å². The van der Waals surface area contributed by atoms with Gasteiger partial charge in [-0.05, 0) is 86.7 Å². The van der Waals surface area contributed by atoms with Crippen LogP contribution in [0.3, 0.4) is 0 Å². The molecule has 0 radical (unpaired) electrons. The van der Waals surface area contributed by atoms with E-state index in [0.29, 0.717) is 38.5 Å². The zero-order valence-corrected chi connectivity index (χ0v) is 55.3. The normalized spacial score (nSPS) is 51.3. The van der Waals surface area contributed by atoms with E-state index in [0.717, 1.165) is 23.1 Å². The Morgan fingerprint density at radius 1 is 0.557 bits per heavy atom. The fourth-order valence-electron chi connectivity index (χ4n) is 17.8. The summed E-state index contributed by atoms with van der Waals surface area (Å²) in [6.07, 6.45) is -42.4. The van der Waals surface area contributed by atoms with Crippen molar-refractivity contribution in [1.29, 1.82) is 0 Å². The van der Waals surface area contributed by atoms with Gasteiger partial charge in [0.2, 0.25) is 0 Å². The van der Waals surface area contributed by atoms with E-state index >= 15 is 0 Å². The minimum Gasteiger partial charge on any atom is -0.458 e. The Balaban J connectivity index is 0.838. The van der Waals surface area contributed by atoms with Gasteiger partial charge in [0, 0.05) is 18.9 Å². The smallest absolute Gasteiger partial charge is 0.314 e. The molecule has 32 heteroatoms. The monoisotopic (exact) mass is 1390 g/mol. The van der Waals surface area contributed by atoms with Crippen LogP contribution in [0.2, 0.25) is 0 Å². The number of carbonyl (C=O) groups is 2. The second-order valence-electron chi connectivity index (χ2n) is 29.6. The number of hydrogen-bond donors (Lipinski definition) is 16. The van der Waals surface area contributed by atoms with E-state index in [2.05, 4.69) is 25.7 Å². The molecule has 0 aromatic carbocycles. The highest BCUT2D eigenvalue weighted by molar-refractivity contribution is 6.00. The second kappa shape index (κ2) is 29.0. The van der Waals surface area contributed by atoms with Crippen LogP contribution in [-0.2, 0) is 75.9 Å². The van der Waals surface area contributed by atoms with Crippen molar-refractivity contribution in [2.45, 2.75) is 277 Å². The molecule has 32 nitrogen and oxygen atoms in total. The number of allylic oxidation sites excluding steroid dienone is 5. The maximum absolute atomic E-state index is 14.5. The average Bonchev–Trinajstić information content (AvgIpc) is 1.51. The van der Waals surface area contributed by atoms with Crippen LogP contribution in [0.1, 0.15) is 92.9 Å². The lowest BCUT2D eigenvalue weighted by Gasteiger charge is -2.61. The summed E-state index contributed by atoms with van der Waals surface area (Å²) in [6.45, 7) is 11.5. The summed E-state index contributed by atoms with van der Waals surface area (Å²) in [4.78, 5) is 29.0. The molecule has 552 valence electrons. The minimum absolute atomic E-state index is 0.000333. The Labute approximate surface area is 560 Å². The number of aliphatic hydroxyl groups excluding tert-OH is 16. The minimum atomic E-state index is -2.15. The zero-order valence-electron chi connectivity index (χ0n) is 55.3. The van der Waals surface area contributed by atoms with Crippen molar-refractivity contribution in [2.75, 3.05) is 46.8 Å². The molecule has 0 bridgehead atoms. The highest BCUT2D eigenvalue weighted by atomic mass is 16.8. The maximum atomic E-state index is 14.5. The molecule has 35 atom stereocenters. The first-order valence-corrected chi connectivity index (χ1v) is 33.5. The van der Waals surface area contributed by atoms with Gasteiger partial charge in [0.15, 0.2) is 37.7 Å². The summed E-state index contributed by atoms with van der Waals surface area (Å²) in [5.41, 5.74) is -1.25. The Morgan fingerprint density at radius 3 is 1.72 bits per heavy atom. The summed E-state index contributed by atoms with van der Waals surface area (Å²) < 4.78 is 83.6. The van der Waals surface area contributed by atoms with Crippen molar-refractivity contribution in [3.63, 3.8) is 0 Å². The summed E-state index contributed by atoms with van der Waals surface area (Å²) in [6, 6.07) is 0. The van der Waals surface area contributed by atoms with Crippen LogP contribution in [0, 0.1) is 33.5 Å². The number of Topliss-reactive ketones (excluding diaryl/α,β-unsaturated/α-hetero) is 1. The van der Waals surface area contributed by atoms with Crippen LogP contribution < -0.4 is 0 Å². The molecular weight excluding hydrogens is 1290 g/mol. The van der Waals surface area contributed by atoms with Crippen LogP contribution in [0.15, 0.2) is 35.5 Å². The van der Waals surface area contributed by atoms with Gasteiger partial charge in [0.1, 0.15) is 146 Å². The number of fused-ring (bicyclic) bond motifs is 4. The fraction of sp³-hybridized carbons (Fsp3) is 0.877. The summed E-state index contributed by atoms with van der Waals surface area (Å²) in [5.74, 6) is -1.17. The first-order chi connectivity index (χ1) is 45.8. The number of ether oxygens (including phenoxy) is 14. The first kappa shape index (κ1) is 75.4. The summed E-state index contributed by atoms with van der Waals surface area (Å²) >= 11 is 0. The summed E-state index contributed by atoms with van der Waals surface area (Å²) in [7, 11) is 1.18. The third kappa shape index (κ3) is 13.0. The third-order valence-corrected chi connectivity index (χ3v) is 23.2. The maximum Gasteiger partial charge on any atom is 0.314 e. The Hall–Kier alpha value is -2.80. The lowest BCUT2D eigenvalue weighted by molar-refractivity contribution is -0.396. The lowest BCUT2D eigenvalue weighted by atomic mass is 9.44. The molecule has 7 heterocycles. The Kier molecular flexibility index (Phi) is 22.6. The van der Waals surface area contributed by atoms with Gasteiger partial charge in [-0.2, -0.15) is 0 Å². The largest absolute Gasteiger partial charge is 0.458 e. The molecule has 97 heavy (non-hydrogen) atoms. The number of esters is 1. The zero-order chi connectivity index (χ0) is 70.5. The second-order valence-corrected chi connectivity index (χ2v) is 29.6. The molecule has 2 saturated carbocycles. The van der Waals surface area contributed by atoms with E-state index in [-0.39, 0.29) is 24.1 Å². The molecule has 7 saturated heterocycles. The SMILES string of the molecule is C=C(C)CCCC1(C)OC(=O)C23CC=C4C(=CCC5C4(C)CCC(OC4OCC(OC6OC(CO)C(O)C(OC7OC(CO)C(O)C(O)C7O)C6O)C(O)C4OC4OC(CO)C(OC6OCC(O)C(OC7OC(CO)C(O)C(OC)C7O)C6O)C(O)C4O)C5(C)C)C2(C)CC(=O)C13. The van der Waals surface area contributed by atoms with E-state index in [1.807, 2.05) is 34.6 Å². The van der Waals surface area contributed by atoms with E-state index in [4.69, 9.17) is 66.3 Å². The van der Waals surface area contributed by atoms with Crippen molar-refractivity contribution in [3.8, 4) is 0 Å². The first-order valence-electron chi connectivity index (χ1n) is 33.5. The quantitative estimate of drug-likeness (QED) is 0.0378. The molecule has 11 rings (SSSR count). The Bertz CT molecular complexity index is 2840. The summed E-state index contributed by atoms with van der Waals surface area (Å²) in [5, 5.41) is 176.